The maximum absolute atomic E-state index is 6.19. The molecular weight excluding hydrogens is 214 g/mol. The Labute approximate surface area is 100 Å². The maximum Gasteiger partial charge on any atom is 0.128 e. The molecule has 0 fully saturated rings. The van der Waals surface area contributed by atoms with Crippen LogP contribution in [-0.2, 0) is 0 Å². The quantitative estimate of drug-likeness (QED) is 0.840. The predicted octanol–water partition coefficient (Wildman–Crippen LogP) is 1.72. The predicted molar refractivity (Wildman–Crippen MR) is 67.7 cm³/mol. The number of benzene rings is 1. The van der Waals surface area contributed by atoms with Crippen molar-refractivity contribution in [1.82, 2.24) is 4.98 Å². The molecule has 0 amide bonds. The number of para-hydroxylation sites is 1. The highest BCUT2D eigenvalue weighted by Gasteiger charge is 2.15. The molecule has 0 spiro atoms. The van der Waals surface area contributed by atoms with Crippen molar-refractivity contribution in [1.29, 1.82) is 0 Å². The topological polar surface area (TPSA) is 74.2 Å². The first-order valence-electron chi connectivity index (χ1n) is 5.33. The van der Waals surface area contributed by atoms with Gasteiger partial charge in [-0.25, -0.2) is 4.98 Å². The van der Waals surface area contributed by atoms with Crippen LogP contribution in [0.25, 0.3) is 0 Å². The number of nitrogen functional groups attached to an aromatic ring is 1. The molecule has 4 heteroatoms. The highest BCUT2D eigenvalue weighted by atomic mass is 16.5. The van der Waals surface area contributed by atoms with Crippen LogP contribution in [0.4, 0.5) is 5.82 Å². The van der Waals surface area contributed by atoms with Crippen LogP contribution in [0.1, 0.15) is 17.2 Å². The summed E-state index contributed by atoms with van der Waals surface area (Å²) >= 11 is 0. The van der Waals surface area contributed by atoms with E-state index >= 15 is 0 Å². The van der Waals surface area contributed by atoms with Gasteiger partial charge in [-0.1, -0.05) is 24.3 Å². The summed E-state index contributed by atoms with van der Waals surface area (Å²) in [5.74, 6) is 1.20. The number of nitrogens with two attached hydrogens (primary N) is 2. The van der Waals surface area contributed by atoms with E-state index in [0.29, 0.717) is 5.82 Å². The first-order chi connectivity index (χ1) is 8.24. The van der Waals surface area contributed by atoms with Gasteiger partial charge in [0.1, 0.15) is 11.6 Å². The van der Waals surface area contributed by atoms with Gasteiger partial charge in [-0.05, 0) is 12.1 Å². The van der Waals surface area contributed by atoms with E-state index in [0.717, 1.165) is 16.9 Å². The van der Waals surface area contributed by atoms with Crippen molar-refractivity contribution < 1.29 is 4.74 Å². The summed E-state index contributed by atoms with van der Waals surface area (Å²) in [6, 6.07) is 11.0. The van der Waals surface area contributed by atoms with Crippen LogP contribution >= 0.6 is 0 Å². The molecule has 17 heavy (non-hydrogen) atoms. The molecule has 1 aromatic carbocycles. The zero-order valence-electron chi connectivity index (χ0n) is 9.63. The van der Waals surface area contributed by atoms with Gasteiger partial charge in [-0.15, -0.1) is 0 Å². The maximum atomic E-state index is 6.19. The van der Waals surface area contributed by atoms with Crippen molar-refractivity contribution in [3.05, 3.63) is 53.7 Å². The second-order valence-electron chi connectivity index (χ2n) is 3.70. The van der Waals surface area contributed by atoms with E-state index in [-0.39, 0.29) is 6.04 Å². The molecule has 0 saturated carbocycles. The SMILES string of the molecule is COc1ccccc1C(N)c1cccnc1N. The van der Waals surface area contributed by atoms with Crippen molar-refractivity contribution in [3.8, 4) is 5.75 Å². The zero-order chi connectivity index (χ0) is 12.3. The molecule has 1 aromatic heterocycles. The molecule has 0 bridgehead atoms. The van der Waals surface area contributed by atoms with E-state index in [1.54, 1.807) is 13.3 Å². The van der Waals surface area contributed by atoms with E-state index in [9.17, 15) is 0 Å². The van der Waals surface area contributed by atoms with Gasteiger partial charge in [0, 0.05) is 17.3 Å². The molecule has 1 unspecified atom stereocenters. The van der Waals surface area contributed by atoms with E-state index < -0.39 is 0 Å². The number of hydrogen-bond donors (Lipinski definition) is 2. The van der Waals surface area contributed by atoms with E-state index in [4.69, 9.17) is 16.2 Å². The van der Waals surface area contributed by atoms with Crippen LogP contribution < -0.4 is 16.2 Å². The molecule has 0 radical (unpaired) electrons. The number of pyridine rings is 1. The lowest BCUT2D eigenvalue weighted by molar-refractivity contribution is 0.408. The number of hydrogen-bond acceptors (Lipinski definition) is 4. The molecule has 0 aliphatic rings. The lowest BCUT2D eigenvalue weighted by atomic mass is 9.99. The largest absolute Gasteiger partial charge is 0.496 e. The number of ether oxygens (including phenoxy) is 1. The van der Waals surface area contributed by atoms with Gasteiger partial charge in [-0.2, -0.15) is 0 Å². The Bertz CT molecular complexity index is 514. The summed E-state index contributed by atoms with van der Waals surface area (Å²) in [7, 11) is 1.62. The summed E-state index contributed by atoms with van der Waals surface area (Å²) in [5, 5.41) is 0. The number of aromatic nitrogens is 1. The molecular formula is C13H15N3O. The van der Waals surface area contributed by atoms with Crippen molar-refractivity contribution in [2.45, 2.75) is 6.04 Å². The fraction of sp³-hybridized carbons (Fsp3) is 0.154. The van der Waals surface area contributed by atoms with Gasteiger partial charge < -0.3 is 16.2 Å². The van der Waals surface area contributed by atoms with Gasteiger partial charge >= 0.3 is 0 Å². The normalized spacial score (nSPS) is 12.1. The van der Waals surface area contributed by atoms with Crippen molar-refractivity contribution >= 4 is 5.82 Å². The second kappa shape index (κ2) is 4.84. The van der Waals surface area contributed by atoms with Gasteiger partial charge in [0.2, 0.25) is 0 Å². The Morgan fingerprint density at radius 2 is 1.82 bits per heavy atom. The Balaban J connectivity index is 2.44. The minimum atomic E-state index is -0.333. The van der Waals surface area contributed by atoms with E-state index in [1.807, 2.05) is 36.4 Å². The summed E-state index contributed by atoms with van der Waals surface area (Å²) in [6.07, 6.45) is 1.65. The number of nitrogens with zero attached hydrogens (tertiary/aromatic N) is 1. The minimum absolute atomic E-state index is 0.333. The second-order valence-corrected chi connectivity index (χ2v) is 3.70. The van der Waals surface area contributed by atoms with Gasteiger partial charge in [0.25, 0.3) is 0 Å². The average Bonchev–Trinajstić information content (AvgIpc) is 2.38. The standard InChI is InChI=1S/C13H15N3O/c1-17-11-7-3-2-5-9(11)12(14)10-6-4-8-16-13(10)15/h2-8,12H,14H2,1H3,(H2,15,16). The Morgan fingerprint density at radius 1 is 1.12 bits per heavy atom. The van der Waals surface area contributed by atoms with Crippen LogP contribution in [-0.4, -0.2) is 12.1 Å². The summed E-state index contributed by atoms with van der Waals surface area (Å²) in [4.78, 5) is 4.04. The lowest BCUT2D eigenvalue weighted by Gasteiger charge is -2.16. The van der Waals surface area contributed by atoms with Gasteiger partial charge in [-0.3, -0.25) is 0 Å². The van der Waals surface area contributed by atoms with Crippen LogP contribution in [0.3, 0.4) is 0 Å². The van der Waals surface area contributed by atoms with Crippen LogP contribution in [0.15, 0.2) is 42.6 Å². The Kier molecular flexibility index (Phi) is 3.25. The fourth-order valence-electron chi connectivity index (χ4n) is 1.78. The van der Waals surface area contributed by atoms with Crippen molar-refractivity contribution in [3.63, 3.8) is 0 Å². The number of methoxy groups -OCH3 is 1. The highest BCUT2D eigenvalue weighted by molar-refractivity contribution is 5.48. The molecule has 4 nitrogen and oxygen atoms in total. The van der Waals surface area contributed by atoms with Crippen molar-refractivity contribution in [2.24, 2.45) is 5.73 Å². The molecule has 0 aliphatic heterocycles. The number of rotatable bonds is 3. The lowest BCUT2D eigenvalue weighted by Crippen LogP contribution is -2.15. The fourth-order valence-corrected chi connectivity index (χ4v) is 1.78. The molecule has 0 saturated heterocycles. The Morgan fingerprint density at radius 3 is 2.53 bits per heavy atom. The average molecular weight is 229 g/mol. The van der Waals surface area contributed by atoms with E-state index in [1.165, 1.54) is 0 Å². The van der Waals surface area contributed by atoms with E-state index in [2.05, 4.69) is 4.98 Å². The summed E-state index contributed by atoms with van der Waals surface area (Å²) in [5.41, 5.74) is 13.7. The van der Waals surface area contributed by atoms with Gasteiger partial charge in [0.05, 0.1) is 13.2 Å². The smallest absolute Gasteiger partial charge is 0.128 e. The third kappa shape index (κ3) is 2.21. The Hall–Kier alpha value is -2.07. The van der Waals surface area contributed by atoms with Crippen LogP contribution in [0.5, 0.6) is 5.75 Å². The molecule has 2 rings (SSSR count). The molecule has 1 heterocycles. The molecule has 1 atom stereocenters. The number of anilines is 1. The third-order valence-electron chi connectivity index (χ3n) is 2.68. The van der Waals surface area contributed by atoms with Gasteiger partial charge in [0.15, 0.2) is 0 Å². The highest BCUT2D eigenvalue weighted by Crippen LogP contribution is 2.29. The first-order valence-corrected chi connectivity index (χ1v) is 5.33. The minimum Gasteiger partial charge on any atom is -0.496 e. The third-order valence-corrected chi connectivity index (χ3v) is 2.68. The first kappa shape index (κ1) is 11.4. The molecule has 88 valence electrons. The van der Waals surface area contributed by atoms with Crippen molar-refractivity contribution in [2.75, 3.05) is 12.8 Å². The monoisotopic (exact) mass is 229 g/mol. The molecule has 0 aliphatic carbocycles. The summed E-state index contributed by atoms with van der Waals surface area (Å²) < 4.78 is 5.29. The van der Waals surface area contributed by atoms with Crippen LogP contribution in [0.2, 0.25) is 0 Å². The zero-order valence-corrected chi connectivity index (χ0v) is 9.63. The molecule has 4 N–H and O–H groups in total. The molecule has 2 aromatic rings. The summed E-state index contributed by atoms with van der Waals surface area (Å²) in [6.45, 7) is 0. The van der Waals surface area contributed by atoms with Crippen LogP contribution in [0, 0.1) is 0 Å².